The second kappa shape index (κ2) is 6.92. The van der Waals surface area contributed by atoms with Crippen LogP contribution in [0.2, 0.25) is 0 Å². The first-order chi connectivity index (χ1) is 10.1. The van der Waals surface area contributed by atoms with E-state index in [0.717, 1.165) is 0 Å². The molecule has 1 aliphatic heterocycles. The van der Waals surface area contributed by atoms with Crippen LogP contribution in [0.5, 0.6) is 0 Å². The number of anilines is 1. The number of hydrogen-bond acceptors (Lipinski definition) is 4. The Morgan fingerprint density at radius 3 is 2.52 bits per heavy atom. The number of nitrogens with one attached hydrogen (secondary N) is 1. The lowest BCUT2D eigenvalue weighted by Gasteiger charge is -2.35. The molecule has 2 rings (SSSR count). The minimum atomic E-state index is -0.521. The number of nitrogens with zero attached hydrogens (tertiary/aromatic N) is 2. The number of carbonyl (C=O) groups excluding carboxylic acids is 2. The zero-order chi connectivity index (χ0) is 15.2. The van der Waals surface area contributed by atoms with E-state index in [1.807, 2.05) is 4.90 Å². The lowest BCUT2D eigenvalue weighted by atomic mass is 10.2. The van der Waals surface area contributed by atoms with Gasteiger partial charge in [-0.15, -0.1) is 0 Å². The van der Waals surface area contributed by atoms with E-state index in [9.17, 15) is 14.0 Å². The van der Waals surface area contributed by atoms with E-state index in [1.54, 1.807) is 18.2 Å². The van der Waals surface area contributed by atoms with Gasteiger partial charge in [-0.1, -0.05) is 12.1 Å². The third-order valence-corrected chi connectivity index (χ3v) is 3.34. The van der Waals surface area contributed by atoms with Crippen LogP contribution in [0.1, 0.15) is 0 Å². The molecular formula is C14H18FN3O3. The van der Waals surface area contributed by atoms with Gasteiger partial charge in [0, 0.05) is 33.2 Å². The van der Waals surface area contributed by atoms with Crippen LogP contribution >= 0.6 is 0 Å². The van der Waals surface area contributed by atoms with Crippen LogP contribution in [0, 0.1) is 5.82 Å². The quantitative estimate of drug-likeness (QED) is 0.897. The molecule has 2 amide bonds. The van der Waals surface area contributed by atoms with E-state index in [1.165, 1.54) is 18.0 Å². The minimum Gasteiger partial charge on any atom is -0.439 e. The van der Waals surface area contributed by atoms with Crippen LogP contribution in [-0.4, -0.2) is 56.7 Å². The maximum absolute atomic E-state index is 13.7. The topological polar surface area (TPSA) is 61.9 Å². The Labute approximate surface area is 122 Å². The lowest BCUT2D eigenvalue weighted by molar-refractivity contribution is -0.123. The summed E-state index contributed by atoms with van der Waals surface area (Å²) in [5.74, 6) is -0.624. The predicted molar refractivity (Wildman–Crippen MR) is 75.6 cm³/mol. The second-order valence-electron chi connectivity index (χ2n) is 4.65. The van der Waals surface area contributed by atoms with Crippen molar-refractivity contribution in [3.05, 3.63) is 30.1 Å². The zero-order valence-corrected chi connectivity index (χ0v) is 11.8. The standard InChI is InChI=1S/C14H18FN3O3/c1-16-13(19)10-21-14(20)18-8-6-17(7-9-18)12-5-3-2-4-11(12)15/h2-5H,6-10H2,1H3,(H,16,19). The highest BCUT2D eigenvalue weighted by molar-refractivity contribution is 5.79. The summed E-state index contributed by atoms with van der Waals surface area (Å²) < 4.78 is 18.6. The normalized spacial score (nSPS) is 14.8. The van der Waals surface area contributed by atoms with E-state index >= 15 is 0 Å². The molecule has 0 radical (unpaired) electrons. The fraction of sp³-hybridized carbons (Fsp3) is 0.429. The molecule has 1 heterocycles. The molecule has 0 aliphatic carbocycles. The van der Waals surface area contributed by atoms with Gasteiger partial charge in [-0.05, 0) is 12.1 Å². The fourth-order valence-electron chi connectivity index (χ4n) is 2.13. The van der Waals surface area contributed by atoms with Crippen molar-refractivity contribution in [2.45, 2.75) is 0 Å². The maximum Gasteiger partial charge on any atom is 0.410 e. The number of para-hydroxylation sites is 1. The molecule has 0 saturated carbocycles. The number of carbonyl (C=O) groups is 2. The Bertz CT molecular complexity index is 516. The first-order valence-electron chi connectivity index (χ1n) is 6.73. The highest BCUT2D eigenvalue weighted by atomic mass is 19.1. The van der Waals surface area contributed by atoms with Gasteiger partial charge in [-0.3, -0.25) is 4.79 Å². The van der Waals surface area contributed by atoms with E-state index in [2.05, 4.69) is 5.32 Å². The Morgan fingerprint density at radius 1 is 1.24 bits per heavy atom. The third kappa shape index (κ3) is 3.84. The van der Waals surface area contributed by atoms with Gasteiger partial charge in [0.05, 0.1) is 5.69 Å². The summed E-state index contributed by atoms with van der Waals surface area (Å²) in [5, 5.41) is 2.37. The smallest absolute Gasteiger partial charge is 0.410 e. The molecule has 1 aromatic carbocycles. The molecule has 6 nitrogen and oxygen atoms in total. The summed E-state index contributed by atoms with van der Waals surface area (Å²) in [7, 11) is 1.48. The van der Waals surface area contributed by atoms with Gasteiger partial charge in [-0.2, -0.15) is 0 Å². The summed E-state index contributed by atoms with van der Waals surface area (Å²) in [6, 6.07) is 6.56. The third-order valence-electron chi connectivity index (χ3n) is 3.34. The Hall–Kier alpha value is -2.31. The Balaban J connectivity index is 1.84. The van der Waals surface area contributed by atoms with E-state index in [4.69, 9.17) is 4.74 Å². The number of likely N-dealkylation sites (N-methyl/N-ethyl adjacent to an activating group) is 1. The molecule has 0 bridgehead atoms. The van der Waals surface area contributed by atoms with E-state index in [0.29, 0.717) is 31.9 Å². The minimum absolute atomic E-state index is 0.270. The van der Waals surface area contributed by atoms with Crippen LogP contribution in [0.4, 0.5) is 14.9 Å². The second-order valence-corrected chi connectivity index (χ2v) is 4.65. The highest BCUT2D eigenvalue weighted by Gasteiger charge is 2.23. The van der Waals surface area contributed by atoms with Crippen LogP contribution in [0.3, 0.4) is 0 Å². The molecule has 114 valence electrons. The van der Waals surface area contributed by atoms with E-state index in [-0.39, 0.29) is 18.3 Å². The molecule has 7 heteroatoms. The summed E-state index contributed by atoms with van der Waals surface area (Å²) in [5.41, 5.74) is 0.538. The zero-order valence-electron chi connectivity index (χ0n) is 11.8. The summed E-state index contributed by atoms with van der Waals surface area (Å²) in [6.07, 6.45) is -0.521. The number of hydrogen-bond donors (Lipinski definition) is 1. The van der Waals surface area contributed by atoms with Gasteiger partial charge in [0.15, 0.2) is 6.61 Å². The van der Waals surface area contributed by atoms with Crippen molar-refractivity contribution in [2.24, 2.45) is 0 Å². The van der Waals surface area contributed by atoms with E-state index < -0.39 is 6.09 Å². The highest BCUT2D eigenvalue weighted by Crippen LogP contribution is 2.20. The number of benzene rings is 1. The average molecular weight is 295 g/mol. The Morgan fingerprint density at radius 2 is 1.90 bits per heavy atom. The summed E-state index contributed by atoms with van der Waals surface area (Å²) in [4.78, 5) is 26.2. The first kappa shape index (κ1) is 15.1. The van der Waals surface area contributed by atoms with Crippen molar-refractivity contribution in [2.75, 3.05) is 44.7 Å². The Kier molecular flexibility index (Phi) is 4.97. The molecule has 0 spiro atoms. The van der Waals surface area contributed by atoms with Gasteiger partial charge >= 0.3 is 6.09 Å². The fourth-order valence-corrected chi connectivity index (χ4v) is 2.13. The number of halogens is 1. The van der Waals surface area contributed by atoms with Crippen molar-refractivity contribution in [1.29, 1.82) is 0 Å². The van der Waals surface area contributed by atoms with Crippen LogP contribution < -0.4 is 10.2 Å². The SMILES string of the molecule is CNC(=O)COC(=O)N1CCN(c2ccccc2F)CC1. The lowest BCUT2D eigenvalue weighted by Crippen LogP contribution is -2.49. The molecule has 1 aliphatic rings. The summed E-state index contributed by atoms with van der Waals surface area (Å²) in [6.45, 7) is 1.62. The molecule has 21 heavy (non-hydrogen) atoms. The molecule has 0 aromatic heterocycles. The van der Waals surface area contributed by atoms with Crippen molar-refractivity contribution in [3.63, 3.8) is 0 Å². The molecule has 1 aromatic rings. The van der Waals surface area contributed by atoms with Gasteiger partial charge < -0.3 is 19.9 Å². The van der Waals surface area contributed by atoms with Crippen molar-refractivity contribution in [3.8, 4) is 0 Å². The molecule has 0 atom stereocenters. The van der Waals surface area contributed by atoms with Gasteiger partial charge in [0.1, 0.15) is 5.82 Å². The van der Waals surface area contributed by atoms with Crippen LogP contribution in [0.25, 0.3) is 0 Å². The summed E-state index contributed by atoms with van der Waals surface area (Å²) >= 11 is 0. The number of rotatable bonds is 3. The average Bonchev–Trinajstić information content (AvgIpc) is 2.53. The largest absolute Gasteiger partial charge is 0.439 e. The van der Waals surface area contributed by atoms with Gasteiger partial charge in [0.2, 0.25) is 0 Å². The molecule has 1 fully saturated rings. The van der Waals surface area contributed by atoms with Gasteiger partial charge in [-0.25, -0.2) is 9.18 Å². The van der Waals surface area contributed by atoms with Gasteiger partial charge in [0.25, 0.3) is 5.91 Å². The predicted octanol–water partition coefficient (Wildman–Crippen LogP) is 0.830. The van der Waals surface area contributed by atoms with Crippen LogP contribution in [-0.2, 0) is 9.53 Å². The monoisotopic (exact) mass is 295 g/mol. The molecule has 1 N–H and O–H groups in total. The number of amides is 2. The van der Waals surface area contributed by atoms with Crippen molar-refractivity contribution in [1.82, 2.24) is 10.2 Å². The molecule has 1 saturated heterocycles. The van der Waals surface area contributed by atoms with Crippen LogP contribution in [0.15, 0.2) is 24.3 Å². The van der Waals surface area contributed by atoms with Crippen molar-refractivity contribution >= 4 is 17.7 Å². The number of piperazine rings is 1. The number of ether oxygens (including phenoxy) is 1. The molecular weight excluding hydrogens is 277 g/mol. The first-order valence-corrected chi connectivity index (χ1v) is 6.73. The molecule has 0 unspecified atom stereocenters. The van der Waals surface area contributed by atoms with Crippen molar-refractivity contribution < 1.29 is 18.7 Å². The maximum atomic E-state index is 13.7.